The van der Waals surface area contributed by atoms with Crippen LogP contribution in [0, 0.1) is 0 Å². The zero-order chi connectivity index (χ0) is 19.2. The molecule has 2 nitrogen and oxygen atoms in total. The third-order valence-corrected chi connectivity index (χ3v) is 6.11. The SMILES string of the molecule is Oc1ccccc1CCCCCCSCCCCCCc1ccccc1O. The van der Waals surface area contributed by atoms with Gasteiger partial charge in [0, 0.05) is 0 Å². The number of hydrogen-bond donors (Lipinski definition) is 2. The summed E-state index contributed by atoms with van der Waals surface area (Å²) in [4.78, 5) is 0. The van der Waals surface area contributed by atoms with Gasteiger partial charge in [-0.15, -0.1) is 0 Å². The Bertz CT molecular complexity index is 586. The molecule has 0 amide bonds. The number of unbranched alkanes of at least 4 members (excludes halogenated alkanes) is 6. The van der Waals surface area contributed by atoms with E-state index in [2.05, 4.69) is 11.8 Å². The molecule has 0 aliphatic rings. The molecule has 0 saturated carbocycles. The summed E-state index contributed by atoms with van der Waals surface area (Å²) in [6.07, 6.45) is 12.0. The number of thioether (sulfide) groups is 1. The lowest BCUT2D eigenvalue weighted by Crippen LogP contribution is -1.90. The van der Waals surface area contributed by atoms with Gasteiger partial charge in [-0.3, -0.25) is 0 Å². The molecule has 0 radical (unpaired) electrons. The minimum atomic E-state index is 0.439. The molecular formula is C24H34O2S. The predicted molar refractivity (Wildman–Crippen MR) is 118 cm³/mol. The summed E-state index contributed by atoms with van der Waals surface area (Å²) in [5.41, 5.74) is 2.16. The Morgan fingerprint density at radius 2 is 0.926 bits per heavy atom. The highest BCUT2D eigenvalue weighted by Crippen LogP contribution is 2.20. The highest BCUT2D eigenvalue weighted by Gasteiger charge is 2.00. The molecule has 0 atom stereocenters. The van der Waals surface area contributed by atoms with Crippen LogP contribution in [0.3, 0.4) is 0 Å². The van der Waals surface area contributed by atoms with Crippen molar-refractivity contribution < 1.29 is 10.2 Å². The van der Waals surface area contributed by atoms with Crippen LogP contribution < -0.4 is 0 Å². The van der Waals surface area contributed by atoms with Crippen LogP contribution in [-0.2, 0) is 12.8 Å². The zero-order valence-electron chi connectivity index (χ0n) is 16.4. The Morgan fingerprint density at radius 3 is 1.37 bits per heavy atom. The van der Waals surface area contributed by atoms with E-state index in [9.17, 15) is 10.2 Å². The minimum absolute atomic E-state index is 0.439. The van der Waals surface area contributed by atoms with Gasteiger partial charge in [-0.1, -0.05) is 62.1 Å². The second kappa shape index (κ2) is 13.5. The van der Waals surface area contributed by atoms with E-state index in [1.54, 1.807) is 12.1 Å². The number of aryl methyl sites for hydroxylation is 2. The first kappa shape index (κ1) is 21.7. The van der Waals surface area contributed by atoms with Gasteiger partial charge in [0.1, 0.15) is 11.5 Å². The van der Waals surface area contributed by atoms with Crippen LogP contribution in [0.5, 0.6) is 11.5 Å². The molecule has 2 rings (SSSR count). The second-order valence-corrected chi connectivity index (χ2v) is 8.42. The molecule has 0 spiro atoms. The van der Waals surface area contributed by atoms with E-state index in [-0.39, 0.29) is 0 Å². The molecule has 0 bridgehead atoms. The fourth-order valence-corrected chi connectivity index (χ4v) is 4.31. The summed E-state index contributed by atoms with van der Waals surface area (Å²) < 4.78 is 0. The first-order valence-corrected chi connectivity index (χ1v) is 11.5. The van der Waals surface area contributed by atoms with Crippen molar-refractivity contribution in [2.45, 2.75) is 64.2 Å². The van der Waals surface area contributed by atoms with Gasteiger partial charge in [-0.05, 0) is 73.3 Å². The summed E-state index contributed by atoms with van der Waals surface area (Å²) in [5, 5.41) is 19.5. The molecule has 0 aromatic heterocycles. The number of hydrogen-bond acceptors (Lipinski definition) is 3. The van der Waals surface area contributed by atoms with Gasteiger partial charge >= 0.3 is 0 Å². The molecule has 0 saturated heterocycles. The molecule has 0 unspecified atom stereocenters. The Hall–Kier alpha value is -1.61. The predicted octanol–water partition coefficient (Wildman–Crippen LogP) is 6.74. The molecule has 0 aliphatic heterocycles. The normalized spacial score (nSPS) is 11.0. The van der Waals surface area contributed by atoms with Gasteiger partial charge < -0.3 is 10.2 Å². The largest absolute Gasteiger partial charge is 0.508 e. The quantitative estimate of drug-likeness (QED) is 0.353. The Kier molecular flexibility index (Phi) is 10.9. The first-order chi connectivity index (χ1) is 13.3. The molecule has 148 valence electrons. The van der Waals surface area contributed by atoms with E-state index in [1.165, 1.54) is 62.9 Å². The average Bonchev–Trinajstić information content (AvgIpc) is 2.68. The van der Waals surface area contributed by atoms with Gasteiger partial charge in [0.15, 0.2) is 0 Å². The van der Waals surface area contributed by atoms with Crippen molar-refractivity contribution in [3.63, 3.8) is 0 Å². The van der Waals surface area contributed by atoms with E-state index in [4.69, 9.17) is 0 Å². The van der Waals surface area contributed by atoms with Gasteiger partial charge in [0.25, 0.3) is 0 Å². The van der Waals surface area contributed by atoms with Crippen LogP contribution >= 0.6 is 11.8 Å². The fourth-order valence-electron chi connectivity index (χ4n) is 3.29. The summed E-state index contributed by atoms with van der Waals surface area (Å²) in [5.74, 6) is 3.42. The molecule has 2 aromatic carbocycles. The summed E-state index contributed by atoms with van der Waals surface area (Å²) in [7, 11) is 0. The summed E-state index contributed by atoms with van der Waals surface area (Å²) in [6.45, 7) is 0. The maximum atomic E-state index is 9.74. The average molecular weight is 387 g/mol. The third-order valence-electron chi connectivity index (χ3n) is 4.95. The van der Waals surface area contributed by atoms with E-state index in [1.807, 2.05) is 36.4 Å². The Labute approximate surface area is 169 Å². The molecule has 27 heavy (non-hydrogen) atoms. The fraction of sp³-hybridized carbons (Fsp3) is 0.500. The van der Waals surface area contributed by atoms with Crippen molar-refractivity contribution in [3.05, 3.63) is 59.7 Å². The lowest BCUT2D eigenvalue weighted by Gasteiger charge is -2.05. The van der Waals surface area contributed by atoms with Crippen LogP contribution in [0.4, 0.5) is 0 Å². The van der Waals surface area contributed by atoms with Crippen LogP contribution in [0.15, 0.2) is 48.5 Å². The number of aromatic hydroxyl groups is 2. The van der Waals surface area contributed by atoms with Gasteiger partial charge in [0.2, 0.25) is 0 Å². The van der Waals surface area contributed by atoms with Crippen molar-refractivity contribution in [2.75, 3.05) is 11.5 Å². The van der Waals surface area contributed by atoms with Gasteiger partial charge in [-0.2, -0.15) is 11.8 Å². The van der Waals surface area contributed by atoms with Crippen molar-refractivity contribution in [3.8, 4) is 11.5 Å². The number of para-hydroxylation sites is 2. The number of phenolic OH excluding ortho intramolecular Hbond substituents is 2. The standard InChI is InChI=1S/C24H34O2S/c25-23-17-9-7-15-21(23)13-5-1-3-11-19-27-20-12-4-2-6-14-22-16-8-10-18-24(22)26/h7-10,15-18,25-26H,1-6,11-14,19-20H2. The van der Waals surface area contributed by atoms with Crippen LogP contribution in [0.1, 0.15) is 62.5 Å². The Morgan fingerprint density at radius 1 is 0.519 bits per heavy atom. The minimum Gasteiger partial charge on any atom is -0.508 e. The number of phenols is 2. The van der Waals surface area contributed by atoms with Crippen LogP contribution in [-0.4, -0.2) is 21.7 Å². The molecular weight excluding hydrogens is 352 g/mol. The zero-order valence-corrected chi connectivity index (χ0v) is 17.2. The van der Waals surface area contributed by atoms with Gasteiger partial charge in [-0.25, -0.2) is 0 Å². The molecule has 2 N–H and O–H groups in total. The summed E-state index contributed by atoms with van der Waals surface area (Å²) in [6, 6.07) is 15.3. The monoisotopic (exact) mass is 386 g/mol. The number of benzene rings is 2. The van der Waals surface area contributed by atoms with Crippen molar-refractivity contribution >= 4 is 11.8 Å². The maximum Gasteiger partial charge on any atom is 0.118 e. The summed E-state index contributed by atoms with van der Waals surface area (Å²) >= 11 is 2.09. The number of rotatable bonds is 14. The van der Waals surface area contributed by atoms with E-state index >= 15 is 0 Å². The first-order valence-electron chi connectivity index (χ1n) is 10.4. The molecule has 2 aromatic rings. The van der Waals surface area contributed by atoms with E-state index in [0.29, 0.717) is 11.5 Å². The van der Waals surface area contributed by atoms with Crippen LogP contribution in [0.2, 0.25) is 0 Å². The Balaban J connectivity index is 1.35. The third kappa shape index (κ3) is 9.23. The van der Waals surface area contributed by atoms with Crippen molar-refractivity contribution in [2.24, 2.45) is 0 Å². The lowest BCUT2D eigenvalue weighted by molar-refractivity contribution is 0.466. The molecule has 3 heteroatoms. The second-order valence-electron chi connectivity index (χ2n) is 7.20. The lowest BCUT2D eigenvalue weighted by atomic mass is 10.1. The van der Waals surface area contributed by atoms with Crippen LogP contribution in [0.25, 0.3) is 0 Å². The maximum absolute atomic E-state index is 9.74. The van der Waals surface area contributed by atoms with E-state index in [0.717, 1.165) is 24.0 Å². The van der Waals surface area contributed by atoms with Gasteiger partial charge in [0.05, 0.1) is 0 Å². The molecule has 0 heterocycles. The highest BCUT2D eigenvalue weighted by atomic mass is 32.2. The molecule has 0 fully saturated rings. The topological polar surface area (TPSA) is 40.5 Å². The van der Waals surface area contributed by atoms with Crippen molar-refractivity contribution in [1.29, 1.82) is 0 Å². The molecule has 0 aliphatic carbocycles. The highest BCUT2D eigenvalue weighted by molar-refractivity contribution is 7.99. The van der Waals surface area contributed by atoms with Crippen molar-refractivity contribution in [1.82, 2.24) is 0 Å². The van der Waals surface area contributed by atoms with E-state index < -0.39 is 0 Å². The smallest absolute Gasteiger partial charge is 0.118 e.